The number of carbonyl (C=O) groups is 1. The molecule has 0 atom stereocenters. The van der Waals surface area contributed by atoms with Crippen molar-refractivity contribution in [1.82, 2.24) is 5.43 Å². The van der Waals surface area contributed by atoms with Crippen LogP contribution in [0.4, 0.5) is 5.69 Å². The Hall–Kier alpha value is -0.452. The normalized spacial score (nSPS) is 10.3. The molecule has 0 spiro atoms. The minimum absolute atomic E-state index is 0. The molecular formula is C20H24N4OY2-2. The third kappa shape index (κ3) is 7.14. The SMILES string of the molecule is C[N-]NC(=[N-])c1cccc(NC(=O)c2ccc(C(C)(C)C)cc2)c1C.[Y].[Y]. The molecule has 27 heavy (non-hydrogen) atoms. The maximum absolute atomic E-state index is 12.5. The predicted octanol–water partition coefficient (Wildman–Crippen LogP) is 4.36. The Balaban J connectivity index is 0.00000338. The summed E-state index contributed by atoms with van der Waals surface area (Å²) in [6.45, 7) is 8.24. The van der Waals surface area contributed by atoms with E-state index in [2.05, 4.69) is 36.9 Å². The maximum Gasteiger partial charge on any atom is 0.255 e. The van der Waals surface area contributed by atoms with E-state index in [4.69, 9.17) is 0 Å². The average Bonchev–Trinajstić information content (AvgIpc) is 2.56. The van der Waals surface area contributed by atoms with Gasteiger partial charge in [0.15, 0.2) is 0 Å². The molecule has 1 amide bonds. The van der Waals surface area contributed by atoms with Gasteiger partial charge in [-0.05, 0) is 47.2 Å². The first kappa shape index (κ1) is 26.5. The smallest absolute Gasteiger partial charge is 0.255 e. The molecule has 2 aromatic rings. The molecule has 2 aromatic carbocycles. The number of anilines is 1. The summed E-state index contributed by atoms with van der Waals surface area (Å²) in [7, 11) is 1.54. The number of amides is 1. The molecule has 0 saturated carbocycles. The van der Waals surface area contributed by atoms with Crippen molar-refractivity contribution in [2.75, 3.05) is 12.4 Å². The molecule has 138 valence electrons. The molecule has 2 N–H and O–H groups in total. The van der Waals surface area contributed by atoms with Gasteiger partial charge in [0.1, 0.15) is 0 Å². The molecule has 2 radical (unpaired) electrons. The Morgan fingerprint density at radius 2 is 1.63 bits per heavy atom. The van der Waals surface area contributed by atoms with Crippen molar-refractivity contribution in [1.29, 1.82) is 0 Å². The van der Waals surface area contributed by atoms with Crippen LogP contribution in [-0.2, 0) is 70.8 Å². The van der Waals surface area contributed by atoms with E-state index >= 15 is 0 Å². The van der Waals surface area contributed by atoms with Gasteiger partial charge in [0.25, 0.3) is 5.91 Å². The zero-order chi connectivity index (χ0) is 18.6. The van der Waals surface area contributed by atoms with Crippen LogP contribution < -0.4 is 10.7 Å². The van der Waals surface area contributed by atoms with Gasteiger partial charge in [-0.3, -0.25) is 4.79 Å². The van der Waals surface area contributed by atoms with Gasteiger partial charge in [-0.25, -0.2) is 0 Å². The Morgan fingerprint density at radius 1 is 1.04 bits per heavy atom. The van der Waals surface area contributed by atoms with Gasteiger partial charge in [-0.2, -0.15) is 7.05 Å². The second kappa shape index (κ2) is 11.5. The number of nitrogens with zero attached hydrogens (tertiary/aromatic N) is 2. The maximum atomic E-state index is 12.5. The fraction of sp³-hybridized carbons (Fsp3) is 0.300. The second-order valence-corrected chi connectivity index (χ2v) is 6.94. The van der Waals surface area contributed by atoms with Gasteiger partial charge >= 0.3 is 0 Å². The summed E-state index contributed by atoms with van der Waals surface area (Å²) in [6.07, 6.45) is 0. The van der Waals surface area contributed by atoms with Gasteiger partial charge in [-0.15, -0.1) is 0 Å². The van der Waals surface area contributed by atoms with E-state index in [0.29, 0.717) is 16.8 Å². The molecule has 0 fully saturated rings. The molecule has 0 aromatic heterocycles. The number of nitrogens with one attached hydrogen (secondary N) is 2. The van der Waals surface area contributed by atoms with Crippen molar-refractivity contribution in [3.8, 4) is 0 Å². The zero-order valence-electron chi connectivity index (χ0n) is 16.5. The van der Waals surface area contributed by atoms with E-state index in [0.717, 1.165) is 5.56 Å². The van der Waals surface area contributed by atoms with Crippen molar-refractivity contribution >= 4 is 17.4 Å². The fourth-order valence-corrected chi connectivity index (χ4v) is 2.51. The molecule has 0 saturated heterocycles. The Kier molecular flexibility index (Phi) is 11.3. The first-order valence-corrected chi connectivity index (χ1v) is 8.16. The van der Waals surface area contributed by atoms with E-state index < -0.39 is 0 Å². The molecule has 2 rings (SSSR count). The Morgan fingerprint density at radius 3 is 2.15 bits per heavy atom. The quantitative estimate of drug-likeness (QED) is 0.362. The number of hydrogen-bond acceptors (Lipinski definition) is 1. The van der Waals surface area contributed by atoms with E-state index in [1.54, 1.807) is 25.2 Å². The second-order valence-electron chi connectivity index (χ2n) is 6.94. The molecule has 0 unspecified atom stereocenters. The van der Waals surface area contributed by atoms with Gasteiger partial charge in [-0.1, -0.05) is 50.9 Å². The summed E-state index contributed by atoms with van der Waals surface area (Å²) in [5, 5.41) is 12.9. The van der Waals surface area contributed by atoms with Crippen LogP contribution in [0.5, 0.6) is 0 Å². The van der Waals surface area contributed by atoms with Crippen molar-refractivity contribution in [2.45, 2.75) is 33.1 Å². The largest absolute Gasteiger partial charge is 0.673 e. The van der Waals surface area contributed by atoms with Crippen LogP contribution in [0.1, 0.15) is 47.8 Å². The van der Waals surface area contributed by atoms with Gasteiger partial charge in [0.2, 0.25) is 0 Å². The first-order chi connectivity index (χ1) is 11.7. The average molecular weight is 514 g/mol. The van der Waals surface area contributed by atoms with Crippen molar-refractivity contribution < 1.29 is 70.2 Å². The number of carbonyl (C=O) groups excluding carboxylic acids is 1. The van der Waals surface area contributed by atoms with E-state index in [9.17, 15) is 10.2 Å². The Labute approximate surface area is 212 Å². The predicted molar refractivity (Wildman–Crippen MR) is 104 cm³/mol. The summed E-state index contributed by atoms with van der Waals surface area (Å²) in [6, 6.07) is 12.9. The number of benzene rings is 2. The molecule has 0 aliphatic rings. The molecule has 0 aliphatic heterocycles. The van der Waals surface area contributed by atoms with E-state index in [1.165, 1.54) is 5.56 Å². The fourth-order valence-electron chi connectivity index (χ4n) is 2.51. The zero-order valence-corrected chi connectivity index (χ0v) is 22.2. The summed E-state index contributed by atoms with van der Waals surface area (Å²) in [5.41, 5.74) is 10.0. The van der Waals surface area contributed by atoms with Crippen LogP contribution in [0.3, 0.4) is 0 Å². The molecule has 0 bridgehead atoms. The summed E-state index contributed by atoms with van der Waals surface area (Å²) < 4.78 is 0. The number of rotatable bonds is 4. The van der Waals surface area contributed by atoms with Gasteiger partial charge in [0.05, 0.1) is 0 Å². The van der Waals surface area contributed by atoms with E-state index in [-0.39, 0.29) is 82.6 Å². The number of hydrogen-bond donors (Lipinski definition) is 2. The monoisotopic (exact) mass is 514 g/mol. The summed E-state index contributed by atoms with van der Waals surface area (Å²) >= 11 is 0. The molecule has 5 nitrogen and oxygen atoms in total. The third-order valence-electron chi connectivity index (χ3n) is 4.07. The molecule has 7 heteroatoms. The van der Waals surface area contributed by atoms with E-state index in [1.807, 2.05) is 31.2 Å². The van der Waals surface area contributed by atoms with Crippen LogP contribution in [0.15, 0.2) is 42.5 Å². The third-order valence-corrected chi connectivity index (χ3v) is 4.07. The van der Waals surface area contributed by atoms with Crippen LogP contribution in [0.25, 0.3) is 10.8 Å². The van der Waals surface area contributed by atoms with Crippen LogP contribution >= 0.6 is 0 Å². The minimum atomic E-state index is -0.187. The van der Waals surface area contributed by atoms with Crippen LogP contribution in [0, 0.1) is 6.92 Å². The molecule has 0 heterocycles. The van der Waals surface area contributed by atoms with Crippen molar-refractivity contribution in [2.24, 2.45) is 0 Å². The van der Waals surface area contributed by atoms with Gasteiger partial charge in [0, 0.05) is 76.7 Å². The molecular weight excluding hydrogens is 490 g/mol. The first-order valence-electron chi connectivity index (χ1n) is 8.16. The number of amidine groups is 1. The van der Waals surface area contributed by atoms with Crippen molar-refractivity contribution in [3.05, 3.63) is 75.6 Å². The van der Waals surface area contributed by atoms with Crippen LogP contribution in [0.2, 0.25) is 0 Å². The summed E-state index contributed by atoms with van der Waals surface area (Å²) in [4.78, 5) is 12.5. The standard InChI is InChI=1S/C20H24N4O.2Y/c1-13-16(18(21)24-22-5)7-6-8-17(13)23-19(25)14-9-11-15(12-10-14)20(2,3)4;;/h6-12H,1-5H3,(H2-,21,23,24,25);;/q-2;;. The van der Waals surface area contributed by atoms with Crippen LogP contribution in [-0.4, -0.2) is 18.8 Å². The Bertz CT molecular complexity index is 784. The van der Waals surface area contributed by atoms with Gasteiger partial charge < -0.3 is 21.6 Å². The minimum Gasteiger partial charge on any atom is -0.673 e. The molecule has 0 aliphatic carbocycles. The summed E-state index contributed by atoms with van der Waals surface area (Å²) in [5.74, 6) is -0.237. The topological polar surface area (TPSA) is 77.5 Å². The van der Waals surface area contributed by atoms with Crippen molar-refractivity contribution in [3.63, 3.8) is 0 Å².